The van der Waals surface area contributed by atoms with Gasteiger partial charge < -0.3 is 16.4 Å². The molecule has 0 heterocycles. The molecule has 0 saturated heterocycles. The van der Waals surface area contributed by atoms with Crippen molar-refractivity contribution in [3.8, 4) is 0 Å². The van der Waals surface area contributed by atoms with E-state index in [0.29, 0.717) is 0 Å². The molecule has 6 heteroatoms. The predicted octanol–water partition coefficient (Wildman–Crippen LogP) is -0.742. The Bertz CT molecular complexity index is 10.8. The van der Waals surface area contributed by atoms with Crippen LogP contribution in [0.15, 0.2) is 0 Å². The van der Waals surface area contributed by atoms with Gasteiger partial charge >= 0.3 is 83.0 Å². The maximum absolute atomic E-state index is 0. The fraction of sp³-hybridized carbons (Fsp3) is 0. The summed E-state index contributed by atoms with van der Waals surface area (Å²) in [6, 6.07) is 0. The summed E-state index contributed by atoms with van der Waals surface area (Å²) in [5, 5.41) is 0. The number of rotatable bonds is 0. The molecule has 0 aromatic carbocycles. The van der Waals surface area contributed by atoms with Crippen LogP contribution in [-0.2, 0) is 50.6 Å². The third-order valence-electron chi connectivity index (χ3n) is 0. The molecule has 0 unspecified atom stereocenters. The second kappa shape index (κ2) is 50.9. The Hall–Kier alpha value is 2.49. The molecule has 0 fully saturated rings. The van der Waals surface area contributed by atoms with Crippen LogP contribution in [0.5, 0.6) is 0 Å². The zero-order chi connectivity index (χ0) is 0. The minimum atomic E-state index is 0. The van der Waals surface area contributed by atoms with Gasteiger partial charge in [0.2, 0.25) is 0 Å². The number of hydrogen-bond acceptors (Lipinski definition) is 0. The molecule has 0 rings (SSSR count). The van der Waals surface area contributed by atoms with Gasteiger partial charge in [-0.1, -0.05) is 0 Å². The van der Waals surface area contributed by atoms with Gasteiger partial charge in [-0.15, -0.1) is 0 Å². The maximum atomic E-state index is 0. The van der Waals surface area contributed by atoms with Gasteiger partial charge in [0.15, 0.2) is 0 Å². The molecule has 0 saturated carbocycles. The van der Waals surface area contributed by atoms with Gasteiger partial charge in [-0.3, -0.25) is 0 Å². The van der Waals surface area contributed by atoms with Gasteiger partial charge in [0.1, 0.15) is 0 Å². The summed E-state index contributed by atoms with van der Waals surface area (Å²) in [4.78, 5) is 0. The zero-order valence-corrected chi connectivity index (χ0v) is 9.17. The third-order valence-corrected chi connectivity index (χ3v) is 0. The normalized spacial score (nSPS) is 0. The van der Waals surface area contributed by atoms with E-state index in [0.717, 1.165) is 0 Å². The van der Waals surface area contributed by atoms with Gasteiger partial charge in [-0.25, -0.2) is 0 Å². The largest absolute Gasteiger partial charge is 2.00 e. The van der Waals surface area contributed by atoms with E-state index in [9.17, 15) is 0 Å². The van der Waals surface area contributed by atoms with Crippen LogP contribution in [0.1, 0.15) is 0 Å². The molecule has 0 aromatic heterocycles. The minimum absolute atomic E-state index is 0. The summed E-state index contributed by atoms with van der Waals surface area (Å²) < 4.78 is 0. The summed E-state index contributed by atoms with van der Waals surface area (Å²) in [6.45, 7) is 0. The molecular weight excluding hydrogens is 304 g/mol. The smallest absolute Gasteiger partial charge is 2.00 e. The molecule has 0 spiro atoms. The van der Waals surface area contributed by atoms with Crippen molar-refractivity contribution in [3.63, 3.8) is 0 Å². The van der Waals surface area contributed by atoms with Crippen LogP contribution in [0.4, 0.5) is 0 Å². The van der Waals surface area contributed by atoms with Crippen molar-refractivity contribution in [1.82, 2.24) is 0 Å². The molecule has 6 heavy (non-hydrogen) atoms. The van der Waals surface area contributed by atoms with E-state index in [4.69, 9.17) is 0 Å². The molecule has 2 radical (unpaired) electrons. The van der Waals surface area contributed by atoms with Crippen molar-refractivity contribution < 1.29 is 50.6 Å². The zero-order valence-electron chi connectivity index (χ0n) is 2.61. The third kappa shape index (κ3) is 31.5. The minimum Gasteiger partial charge on any atom is -2.00 e. The van der Waals surface area contributed by atoms with E-state index in [1.54, 1.807) is 0 Å². The summed E-state index contributed by atoms with van der Waals surface area (Å²) in [5.41, 5.74) is 0. The van der Waals surface area contributed by atoms with Crippen molar-refractivity contribution in [2.45, 2.75) is 0 Å². The first-order chi connectivity index (χ1) is 0. The van der Waals surface area contributed by atoms with E-state index < -0.39 is 0 Å². The molecule has 3 nitrogen and oxygen atoms in total. The topological polar surface area (TPSA) is 85.5 Å². The Kier molecular flexibility index (Phi) is 651. The predicted molar refractivity (Wildman–Crippen MR) is 7.81 cm³/mol. The molecule has 0 N–H and O–H groups in total. The molecule has 0 aliphatic rings. The van der Waals surface area contributed by atoms with E-state index in [2.05, 4.69) is 0 Å². The first-order valence-corrected chi connectivity index (χ1v) is 0. The molecule has 0 amide bonds. The number of hydrogen-bond donors (Lipinski definition) is 0. The molecule has 0 aliphatic heterocycles. The van der Waals surface area contributed by atoms with Gasteiger partial charge in [-0.2, -0.15) is 0 Å². The van der Waals surface area contributed by atoms with E-state index in [-0.39, 0.29) is 99.4 Å². The Balaban J connectivity index is 0. The van der Waals surface area contributed by atoms with Crippen LogP contribution in [0.3, 0.4) is 0 Å². The quantitative estimate of drug-likeness (QED) is 0.528. The average molecular weight is 304 g/mol. The van der Waals surface area contributed by atoms with Crippen LogP contribution in [-0.4, -0.2) is 48.9 Å². The summed E-state index contributed by atoms with van der Waals surface area (Å²) in [5.74, 6) is 0. The van der Waals surface area contributed by atoms with Crippen molar-refractivity contribution in [3.05, 3.63) is 0 Å². The molecule has 38 valence electrons. The Morgan fingerprint density at radius 2 is 0.667 bits per heavy atom. The molecular formula is BaCuMnO3. The van der Waals surface area contributed by atoms with Gasteiger partial charge in [0.05, 0.1) is 0 Å². The van der Waals surface area contributed by atoms with Crippen molar-refractivity contribution >= 4 is 48.9 Å². The van der Waals surface area contributed by atoms with Crippen molar-refractivity contribution in [2.75, 3.05) is 0 Å². The summed E-state index contributed by atoms with van der Waals surface area (Å²) >= 11 is 0. The van der Waals surface area contributed by atoms with Crippen molar-refractivity contribution in [1.29, 1.82) is 0 Å². The first kappa shape index (κ1) is 76.8. The molecule has 0 bridgehead atoms. The van der Waals surface area contributed by atoms with Gasteiger partial charge in [-0.05, 0) is 0 Å². The Labute approximate surface area is 97.6 Å². The first-order valence-electron chi connectivity index (χ1n) is 0. The summed E-state index contributed by atoms with van der Waals surface area (Å²) in [6.07, 6.45) is 0. The Morgan fingerprint density at radius 1 is 0.667 bits per heavy atom. The fourth-order valence-electron chi connectivity index (χ4n) is 0. The van der Waals surface area contributed by atoms with Gasteiger partial charge in [0, 0.05) is 0 Å². The van der Waals surface area contributed by atoms with E-state index in [1.807, 2.05) is 0 Å². The van der Waals surface area contributed by atoms with Crippen molar-refractivity contribution in [2.24, 2.45) is 0 Å². The van der Waals surface area contributed by atoms with Crippen LogP contribution >= 0.6 is 0 Å². The molecule has 0 aliphatic carbocycles. The van der Waals surface area contributed by atoms with E-state index in [1.165, 1.54) is 0 Å². The fourth-order valence-corrected chi connectivity index (χ4v) is 0. The average Bonchev–Trinajstić information content (AvgIpc) is 0. The second-order valence-corrected chi connectivity index (χ2v) is 0. The van der Waals surface area contributed by atoms with Crippen LogP contribution in [0.25, 0.3) is 0 Å². The SMILES string of the molecule is [Ba+2].[Cu+2].[Mn+2].[O-2].[O-2].[O-2]. The van der Waals surface area contributed by atoms with Crippen LogP contribution in [0.2, 0.25) is 0 Å². The Morgan fingerprint density at radius 3 is 0.667 bits per heavy atom. The van der Waals surface area contributed by atoms with E-state index >= 15 is 0 Å². The monoisotopic (exact) mass is 304 g/mol. The molecule has 0 atom stereocenters. The maximum Gasteiger partial charge on any atom is 2.00 e. The van der Waals surface area contributed by atoms with Gasteiger partial charge in [0.25, 0.3) is 0 Å². The van der Waals surface area contributed by atoms with Crippen LogP contribution < -0.4 is 0 Å². The second-order valence-electron chi connectivity index (χ2n) is 0. The summed E-state index contributed by atoms with van der Waals surface area (Å²) in [7, 11) is 0. The van der Waals surface area contributed by atoms with Crippen LogP contribution in [0, 0.1) is 0 Å². The molecule has 0 aromatic rings. The standard InChI is InChI=1S/Ba.Cu.Mn.3O/q3*+2;3*-2.